The number of ketones is 1. The van der Waals surface area contributed by atoms with E-state index in [0.29, 0.717) is 32.1 Å². The summed E-state index contributed by atoms with van der Waals surface area (Å²) in [5, 5.41) is 21.9. The predicted octanol–water partition coefficient (Wildman–Crippen LogP) is 3.41. The van der Waals surface area contributed by atoms with E-state index in [2.05, 4.69) is 0 Å². The van der Waals surface area contributed by atoms with Gasteiger partial charge < -0.3 is 10.2 Å². The Balaban J connectivity index is 1.77. The van der Waals surface area contributed by atoms with Gasteiger partial charge in [0.25, 0.3) is 0 Å². The zero-order chi connectivity index (χ0) is 17.5. The number of halogens is 1. The first-order chi connectivity index (χ1) is 11.1. The van der Waals surface area contributed by atoms with Gasteiger partial charge in [-0.2, -0.15) is 0 Å². The first-order valence-electron chi connectivity index (χ1n) is 9.67. The Labute approximate surface area is 144 Å². The molecule has 4 heteroatoms. The van der Waals surface area contributed by atoms with Crippen molar-refractivity contribution < 1.29 is 19.4 Å². The summed E-state index contributed by atoms with van der Waals surface area (Å²) in [7, 11) is 0. The Morgan fingerprint density at radius 2 is 1.75 bits per heavy atom. The van der Waals surface area contributed by atoms with Crippen LogP contribution in [0.2, 0.25) is 0 Å². The summed E-state index contributed by atoms with van der Waals surface area (Å²) in [4.78, 5) is 11.9. The van der Waals surface area contributed by atoms with Gasteiger partial charge in [0.15, 0.2) is 0 Å². The first kappa shape index (κ1) is 17.0. The number of carbonyl (C=O) groups excluding carboxylic acids is 1. The van der Waals surface area contributed by atoms with Gasteiger partial charge in [-0.3, -0.25) is 4.79 Å². The molecule has 2 N–H and O–H groups in total. The Hall–Kier alpha value is -0.480. The summed E-state index contributed by atoms with van der Waals surface area (Å²) in [6.45, 7) is 5.89. The Morgan fingerprint density at radius 1 is 1.04 bits per heavy atom. The van der Waals surface area contributed by atoms with Gasteiger partial charge in [-0.05, 0) is 63.2 Å². The smallest absolute Gasteiger partial charge is 0.145 e. The Bertz CT molecular complexity index is 575. The normalized spacial score (nSPS) is 60.3. The van der Waals surface area contributed by atoms with Crippen molar-refractivity contribution in [3.8, 4) is 0 Å². The van der Waals surface area contributed by atoms with Crippen LogP contribution in [0, 0.1) is 28.6 Å². The van der Waals surface area contributed by atoms with Gasteiger partial charge in [0.1, 0.15) is 11.5 Å². The number of hydrogen-bond acceptors (Lipinski definition) is 3. The van der Waals surface area contributed by atoms with Crippen molar-refractivity contribution in [2.75, 3.05) is 0 Å². The lowest BCUT2D eigenvalue weighted by molar-refractivity contribution is -0.254. The summed E-state index contributed by atoms with van der Waals surface area (Å²) in [5.74, 6) is 0.227. The van der Waals surface area contributed by atoms with Gasteiger partial charge in [-0.25, -0.2) is 4.39 Å². The Kier molecular flexibility index (Phi) is 3.41. The van der Waals surface area contributed by atoms with Gasteiger partial charge in [0.05, 0.1) is 11.7 Å². The van der Waals surface area contributed by atoms with Crippen molar-refractivity contribution in [2.24, 2.45) is 28.6 Å². The number of carbonyl (C=O) groups is 1. The fourth-order valence-corrected chi connectivity index (χ4v) is 7.27. The minimum absolute atomic E-state index is 0.0564. The molecule has 3 nitrogen and oxygen atoms in total. The number of rotatable bonds is 0. The van der Waals surface area contributed by atoms with E-state index < -0.39 is 28.2 Å². The highest BCUT2D eigenvalue weighted by molar-refractivity contribution is 5.79. The molecule has 0 saturated heterocycles. The minimum atomic E-state index is -1.62. The van der Waals surface area contributed by atoms with Crippen molar-refractivity contribution in [1.82, 2.24) is 0 Å². The fraction of sp³-hybridized carbons (Fsp3) is 0.950. The molecule has 0 heterocycles. The summed E-state index contributed by atoms with van der Waals surface area (Å²) in [5.41, 5.74) is -3.49. The van der Waals surface area contributed by atoms with Crippen LogP contribution in [0.15, 0.2) is 0 Å². The molecule has 4 aliphatic rings. The van der Waals surface area contributed by atoms with Crippen LogP contribution >= 0.6 is 0 Å². The molecule has 4 rings (SSSR count). The minimum Gasteiger partial charge on any atom is -0.390 e. The Morgan fingerprint density at radius 3 is 2.46 bits per heavy atom. The van der Waals surface area contributed by atoms with Crippen molar-refractivity contribution in [3.05, 3.63) is 0 Å². The number of Topliss-reactive ketones (excluding diaryl/α,β-unsaturated/α-hetero) is 1. The lowest BCUT2D eigenvalue weighted by Gasteiger charge is -2.65. The van der Waals surface area contributed by atoms with Crippen molar-refractivity contribution >= 4 is 5.78 Å². The SMILES string of the molecule is C[C@]12CCC(=O)C[C@H]1CC[C@H]1[C@@H]3CC[C@@](C)(O)[C@@]3(C)C[C@@H](O)[C@@]12F. The molecule has 24 heavy (non-hydrogen) atoms. The number of fused-ring (bicyclic) bond motifs is 5. The summed E-state index contributed by atoms with van der Waals surface area (Å²) in [6, 6.07) is 0. The van der Waals surface area contributed by atoms with E-state index in [1.165, 1.54) is 0 Å². The second-order valence-corrected chi connectivity index (χ2v) is 9.87. The highest BCUT2D eigenvalue weighted by atomic mass is 19.1. The maximum Gasteiger partial charge on any atom is 0.145 e. The van der Waals surface area contributed by atoms with Gasteiger partial charge >= 0.3 is 0 Å². The summed E-state index contributed by atoms with van der Waals surface area (Å²) < 4.78 is 16.7. The van der Waals surface area contributed by atoms with E-state index in [1.54, 1.807) is 0 Å². The molecule has 0 spiro atoms. The van der Waals surface area contributed by atoms with Crippen molar-refractivity contribution in [2.45, 2.75) is 89.5 Å². The van der Waals surface area contributed by atoms with Crippen LogP contribution < -0.4 is 0 Å². The average molecular weight is 338 g/mol. The number of aliphatic hydroxyl groups is 2. The van der Waals surface area contributed by atoms with Gasteiger partial charge in [-0.15, -0.1) is 0 Å². The van der Waals surface area contributed by atoms with E-state index in [9.17, 15) is 15.0 Å². The van der Waals surface area contributed by atoms with E-state index in [1.807, 2.05) is 20.8 Å². The third-order valence-electron chi connectivity index (χ3n) is 9.12. The summed E-state index contributed by atoms with van der Waals surface area (Å²) in [6.07, 6.45) is 3.89. The van der Waals surface area contributed by atoms with E-state index >= 15 is 4.39 Å². The largest absolute Gasteiger partial charge is 0.390 e. The second-order valence-electron chi connectivity index (χ2n) is 9.87. The lowest BCUT2D eigenvalue weighted by Crippen LogP contribution is -2.70. The van der Waals surface area contributed by atoms with Crippen LogP contribution in [0.3, 0.4) is 0 Å². The lowest BCUT2D eigenvalue weighted by atomic mass is 9.42. The van der Waals surface area contributed by atoms with Crippen LogP contribution in [-0.2, 0) is 4.79 Å². The molecule has 136 valence electrons. The average Bonchev–Trinajstić information content (AvgIpc) is 2.72. The monoisotopic (exact) mass is 338 g/mol. The van der Waals surface area contributed by atoms with Gasteiger partial charge in [0.2, 0.25) is 0 Å². The van der Waals surface area contributed by atoms with Crippen molar-refractivity contribution in [3.63, 3.8) is 0 Å². The van der Waals surface area contributed by atoms with Crippen LogP contribution in [0.25, 0.3) is 0 Å². The quantitative estimate of drug-likeness (QED) is 0.711. The molecule has 0 aliphatic heterocycles. The van der Waals surface area contributed by atoms with Crippen LogP contribution in [0.4, 0.5) is 4.39 Å². The molecule has 0 radical (unpaired) electrons. The molecular weight excluding hydrogens is 307 g/mol. The number of aliphatic hydroxyl groups excluding tert-OH is 1. The third kappa shape index (κ3) is 1.77. The summed E-state index contributed by atoms with van der Waals surface area (Å²) >= 11 is 0. The van der Waals surface area contributed by atoms with Crippen LogP contribution in [0.5, 0.6) is 0 Å². The molecule has 8 atom stereocenters. The third-order valence-corrected chi connectivity index (χ3v) is 9.12. The molecule has 0 aromatic heterocycles. The van der Waals surface area contributed by atoms with E-state index in [0.717, 1.165) is 19.3 Å². The second kappa shape index (κ2) is 4.82. The standard InChI is InChI=1S/C20H31FO3/c1-17-8-6-13(22)10-12(17)4-5-15-14-7-9-19(3,24)18(14,2)11-16(23)20(15,17)21/h12,14-16,23-24H,4-11H2,1-3H3/t12-,14+,15+,16-,17+,18+,19-,20+/m1/s1. The zero-order valence-electron chi connectivity index (χ0n) is 15.1. The number of alkyl halides is 1. The van der Waals surface area contributed by atoms with Crippen LogP contribution in [-0.4, -0.2) is 33.4 Å². The molecule has 4 fully saturated rings. The molecule has 4 saturated carbocycles. The predicted molar refractivity (Wildman–Crippen MR) is 89.1 cm³/mol. The first-order valence-corrected chi connectivity index (χ1v) is 9.67. The molecule has 0 unspecified atom stereocenters. The molecule has 0 aromatic carbocycles. The van der Waals surface area contributed by atoms with Crippen LogP contribution in [0.1, 0.15) is 72.1 Å². The highest BCUT2D eigenvalue weighted by Crippen LogP contribution is 2.70. The van der Waals surface area contributed by atoms with E-state index in [4.69, 9.17) is 0 Å². The van der Waals surface area contributed by atoms with Gasteiger partial charge in [-0.1, -0.05) is 13.8 Å². The maximum atomic E-state index is 16.7. The molecule has 0 bridgehead atoms. The van der Waals surface area contributed by atoms with E-state index in [-0.39, 0.29) is 23.5 Å². The fourth-order valence-electron chi connectivity index (χ4n) is 7.27. The zero-order valence-corrected chi connectivity index (χ0v) is 15.1. The molecular formula is C20H31FO3. The molecule has 0 aromatic rings. The molecule has 0 amide bonds. The topological polar surface area (TPSA) is 57.5 Å². The highest BCUT2D eigenvalue weighted by Gasteiger charge is 2.73. The number of hydrogen-bond donors (Lipinski definition) is 2. The molecule has 4 aliphatic carbocycles. The van der Waals surface area contributed by atoms with Crippen molar-refractivity contribution in [1.29, 1.82) is 0 Å². The maximum absolute atomic E-state index is 16.7. The van der Waals surface area contributed by atoms with Gasteiger partial charge in [0, 0.05) is 23.7 Å².